The second kappa shape index (κ2) is 8.80. The molecule has 0 aliphatic carbocycles. The molecule has 0 radical (unpaired) electrons. The molecule has 2 fully saturated rings. The lowest BCUT2D eigenvalue weighted by atomic mass is 10.1. The van der Waals surface area contributed by atoms with E-state index in [0.717, 1.165) is 32.4 Å². The van der Waals surface area contributed by atoms with Crippen molar-refractivity contribution in [3.05, 3.63) is 18.1 Å². The summed E-state index contributed by atoms with van der Waals surface area (Å²) in [5.74, 6) is 0.636. The number of piperidine rings is 1. The highest BCUT2D eigenvalue weighted by atomic mass is 31.2. The highest BCUT2D eigenvalue weighted by molar-refractivity contribution is 7.51. The summed E-state index contributed by atoms with van der Waals surface area (Å²) in [6, 6.07) is 3.75. The van der Waals surface area contributed by atoms with Crippen LogP contribution in [0.25, 0.3) is 11.0 Å². The van der Waals surface area contributed by atoms with Crippen molar-refractivity contribution < 1.29 is 34.0 Å². The van der Waals surface area contributed by atoms with E-state index in [1.165, 1.54) is 4.57 Å². The normalized spacial score (nSPS) is 27.0. The molecule has 0 unspecified atom stereocenters. The van der Waals surface area contributed by atoms with Crippen molar-refractivity contribution in [1.29, 1.82) is 5.26 Å². The largest absolute Gasteiger partial charge is 0.387 e. The lowest BCUT2D eigenvalue weighted by Crippen LogP contribution is -2.34. The van der Waals surface area contributed by atoms with Crippen molar-refractivity contribution in [3.63, 3.8) is 0 Å². The lowest BCUT2D eigenvalue weighted by Gasteiger charge is -2.28. The predicted molar refractivity (Wildman–Crippen MR) is 107 cm³/mol. The molecular weight excluding hydrogens is 429 g/mol. The molecule has 13 heteroatoms. The number of nitrogens with zero attached hydrogens (tertiary/aromatic N) is 5. The van der Waals surface area contributed by atoms with Crippen LogP contribution in [-0.4, -0.2) is 78.9 Å². The first kappa shape index (κ1) is 22.1. The van der Waals surface area contributed by atoms with Crippen molar-refractivity contribution in [2.45, 2.75) is 43.8 Å². The number of nitriles is 1. The number of hydrogen-bond acceptors (Lipinski definition) is 9. The van der Waals surface area contributed by atoms with Crippen molar-refractivity contribution in [2.75, 3.05) is 30.9 Å². The number of rotatable bonds is 6. The Morgan fingerprint density at radius 2 is 1.97 bits per heavy atom. The SMILES string of the molecule is N#Cc1nc(N2CCCCC2)c2ccn([C@@H]3O[C@H](COCP(=O)(O)O)[C@@H](O)[C@H]3O)c2n1. The zero-order valence-corrected chi connectivity index (χ0v) is 17.5. The third-order valence-electron chi connectivity index (χ3n) is 5.46. The Kier molecular flexibility index (Phi) is 6.27. The number of hydrogen-bond donors (Lipinski definition) is 4. The molecule has 0 spiro atoms. The summed E-state index contributed by atoms with van der Waals surface area (Å²) in [5.41, 5.74) is 0.389. The zero-order valence-electron chi connectivity index (χ0n) is 16.6. The van der Waals surface area contributed by atoms with Gasteiger partial charge in [0.05, 0.1) is 12.0 Å². The number of anilines is 1. The van der Waals surface area contributed by atoms with E-state index in [1.807, 2.05) is 6.07 Å². The van der Waals surface area contributed by atoms with E-state index < -0.39 is 38.5 Å². The Labute approximate surface area is 177 Å². The molecule has 2 saturated heterocycles. The van der Waals surface area contributed by atoms with Crippen molar-refractivity contribution in [1.82, 2.24) is 14.5 Å². The van der Waals surface area contributed by atoms with E-state index in [0.29, 0.717) is 16.9 Å². The van der Waals surface area contributed by atoms with Crippen molar-refractivity contribution >= 4 is 24.4 Å². The molecule has 0 bridgehead atoms. The smallest absolute Gasteiger partial charge is 0.350 e. The minimum Gasteiger partial charge on any atom is -0.387 e. The molecule has 168 valence electrons. The molecule has 2 aliphatic heterocycles. The van der Waals surface area contributed by atoms with Gasteiger partial charge in [0.25, 0.3) is 0 Å². The van der Waals surface area contributed by atoms with E-state index in [2.05, 4.69) is 14.9 Å². The summed E-state index contributed by atoms with van der Waals surface area (Å²) in [5, 5.41) is 31.0. The molecule has 4 rings (SSSR count). The molecule has 0 aromatic carbocycles. The Morgan fingerprint density at radius 3 is 2.65 bits per heavy atom. The van der Waals surface area contributed by atoms with E-state index in [-0.39, 0.29) is 12.4 Å². The number of aliphatic hydroxyl groups is 2. The summed E-state index contributed by atoms with van der Waals surface area (Å²) >= 11 is 0. The molecule has 12 nitrogen and oxygen atoms in total. The van der Waals surface area contributed by atoms with Gasteiger partial charge in [-0.05, 0) is 25.3 Å². The second-order valence-electron chi connectivity index (χ2n) is 7.70. The predicted octanol–water partition coefficient (Wildman–Crippen LogP) is 0.0643. The van der Waals surface area contributed by atoms with Crippen molar-refractivity contribution in [2.24, 2.45) is 0 Å². The monoisotopic (exact) mass is 453 g/mol. The summed E-state index contributed by atoms with van der Waals surface area (Å²) < 4.78 is 23.2. The van der Waals surface area contributed by atoms with Crippen LogP contribution in [0.5, 0.6) is 0 Å². The van der Waals surface area contributed by atoms with E-state index >= 15 is 0 Å². The van der Waals surface area contributed by atoms with Crippen LogP contribution >= 0.6 is 7.60 Å². The van der Waals surface area contributed by atoms with Gasteiger partial charge in [0.1, 0.15) is 42.2 Å². The van der Waals surface area contributed by atoms with Crippen LogP contribution in [0.15, 0.2) is 12.3 Å². The van der Waals surface area contributed by atoms with Gasteiger partial charge >= 0.3 is 7.60 Å². The van der Waals surface area contributed by atoms with E-state index in [1.54, 1.807) is 12.3 Å². The van der Waals surface area contributed by atoms with Gasteiger partial charge in [-0.25, -0.2) is 9.97 Å². The van der Waals surface area contributed by atoms with Crippen molar-refractivity contribution in [3.8, 4) is 6.07 Å². The molecule has 4 N–H and O–H groups in total. The standard InChI is InChI=1S/C18H24N5O7P/c19-8-13-20-16(22-5-2-1-3-6-22)11-4-7-23(17(11)21-13)18-15(25)14(24)12(30-18)9-29-10-31(26,27)28/h4,7,12,14-15,18,24-25H,1-3,5-6,9-10H2,(H2,26,27,28)/t12-,14-,15-,18-/m1/s1. The quantitative estimate of drug-likeness (QED) is 0.436. The van der Waals surface area contributed by atoms with Gasteiger partial charge < -0.3 is 38.9 Å². The van der Waals surface area contributed by atoms with Crippen LogP contribution in [0, 0.1) is 11.3 Å². The topological polar surface area (TPSA) is 174 Å². The Bertz CT molecular complexity index is 1030. The summed E-state index contributed by atoms with van der Waals surface area (Å²) in [4.78, 5) is 28.6. The number of ether oxygens (including phenoxy) is 2. The van der Waals surface area contributed by atoms with Crippen LogP contribution in [0.2, 0.25) is 0 Å². The minimum absolute atomic E-state index is 0.0115. The molecule has 31 heavy (non-hydrogen) atoms. The Balaban J connectivity index is 1.62. The van der Waals surface area contributed by atoms with Crippen LogP contribution in [-0.2, 0) is 14.0 Å². The van der Waals surface area contributed by atoms with Gasteiger partial charge in [-0.2, -0.15) is 5.26 Å². The van der Waals surface area contributed by atoms with Gasteiger partial charge in [0.15, 0.2) is 6.23 Å². The van der Waals surface area contributed by atoms with Gasteiger partial charge in [0.2, 0.25) is 5.82 Å². The summed E-state index contributed by atoms with van der Waals surface area (Å²) in [6.45, 7) is 1.33. The summed E-state index contributed by atoms with van der Waals surface area (Å²) in [6.07, 6.45) is -0.659. The zero-order chi connectivity index (χ0) is 22.2. The molecule has 4 atom stereocenters. The maximum Gasteiger partial charge on any atom is 0.350 e. The Morgan fingerprint density at radius 1 is 1.23 bits per heavy atom. The highest BCUT2D eigenvalue weighted by Crippen LogP contribution is 2.37. The third-order valence-corrected chi connectivity index (χ3v) is 5.98. The maximum atomic E-state index is 10.9. The van der Waals surface area contributed by atoms with Gasteiger partial charge in [-0.1, -0.05) is 0 Å². The first-order chi connectivity index (χ1) is 14.8. The fourth-order valence-corrected chi connectivity index (χ4v) is 4.35. The first-order valence-electron chi connectivity index (χ1n) is 9.96. The molecule has 2 aliphatic rings. The molecule has 0 amide bonds. The number of fused-ring (bicyclic) bond motifs is 1. The number of aliphatic hydroxyl groups excluding tert-OH is 2. The third kappa shape index (κ3) is 4.58. The second-order valence-corrected chi connectivity index (χ2v) is 9.29. The van der Waals surface area contributed by atoms with Crippen LogP contribution in [0.3, 0.4) is 0 Å². The van der Waals surface area contributed by atoms with Gasteiger partial charge in [0, 0.05) is 19.3 Å². The van der Waals surface area contributed by atoms with Crippen LogP contribution in [0.1, 0.15) is 31.3 Å². The van der Waals surface area contributed by atoms with Gasteiger partial charge in [-0.15, -0.1) is 0 Å². The molecule has 4 heterocycles. The number of aromatic nitrogens is 3. The Hall–Kier alpha value is -2.10. The molecular formula is C18H24N5O7P. The molecule has 2 aromatic heterocycles. The average molecular weight is 453 g/mol. The fourth-order valence-electron chi connectivity index (χ4n) is 4.00. The average Bonchev–Trinajstić information content (AvgIpc) is 3.29. The first-order valence-corrected chi connectivity index (χ1v) is 11.8. The van der Waals surface area contributed by atoms with E-state index in [4.69, 9.17) is 19.3 Å². The fraction of sp³-hybridized carbons (Fsp3) is 0.611. The summed E-state index contributed by atoms with van der Waals surface area (Å²) in [7, 11) is -4.36. The van der Waals surface area contributed by atoms with Crippen LogP contribution < -0.4 is 4.90 Å². The maximum absolute atomic E-state index is 10.9. The van der Waals surface area contributed by atoms with Gasteiger partial charge in [-0.3, -0.25) is 4.57 Å². The molecule has 2 aromatic rings. The highest BCUT2D eigenvalue weighted by Gasteiger charge is 2.44. The minimum atomic E-state index is -4.36. The van der Waals surface area contributed by atoms with E-state index in [9.17, 15) is 20.0 Å². The lowest BCUT2D eigenvalue weighted by molar-refractivity contribution is -0.0610. The molecule has 0 saturated carbocycles. The van der Waals surface area contributed by atoms with Crippen LogP contribution in [0.4, 0.5) is 5.82 Å².